The molecule has 20 aliphatic rings. The van der Waals surface area contributed by atoms with Crippen LogP contribution in [-0.2, 0) is 109 Å². The molecule has 45 heteroatoms. The van der Waals surface area contributed by atoms with Crippen LogP contribution in [0.2, 0.25) is 0 Å². The number of fused-ring (bicyclic) bond motifs is 5. The van der Waals surface area contributed by atoms with Gasteiger partial charge < -0.3 is 163 Å². The van der Waals surface area contributed by atoms with Crippen molar-refractivity contribution in [2.45, 2.75) is 237 Å². The van der Waals surface area contributed by atoms with Crippen molar-refractivity contribution in [3.8, 4) is 0 Å². The minimum absolute atomic E-state index is 0.0259. The molecule has 594 valence electrons. The molecule has 106 heavy (non-hydrogen) atoms. The summed E-state index contributed by atoms with van der Waals surface area (Å²) in [5.74, 6) is 0. The Morgan fingerprint density at radius 3 is 0.943 bits per heavy atom. The van der Waals surface area contributed by atoms with E-state index in [0.29, 0.717) is 5.56 Å². The van der Waals surface area contributed by atoms with Gasteiger partial charge in [0.25, 0.3) is 30.4 Å². The maximum absolute atomic E-state index is 14.4. The molecule has 20 aliphatic heterocycles. The van der Waals surface area contributed by atoms with Crippen molar-refractivity contribution in [1.82, 2.24) is 0 Å². The number of benzene rings is 3. The number of aryl methyl sites for hydroxylation is 1. The molecule has 3 aromatic carbocycles. The lowest BCUT2D eigenvalue weighted by molar-refractivity contribution is -0.396. The van der Waals surface area contributed by atoms with Crippen LogP contribution in [0.15, 0.2) is 79.8 Å². The highest BCUT2D eigenvalue weighted by Crippen LogP contribution is 2.41. The quantitative estimate of drug-likeness (QED) is 0.0729. The average Bonchev–Trinajstić information content (AvgIpc) is 1.35. The zero-order valence-corrected chi connectivity index (χ0v) is 57.5. The highest BCUT2D eigenvalue weighted by molar-refractivity contribution is 7.87. The molecular formula is C61H80O42S3. The largest absolute Gasteiger partial charge is 0.456 e. The molecule has 4 aromatic rings. The van der Waals surface area contributed by atoms with Gasteiger partial charge in [-0.2, -0.15) is 25.3 Å². The summed E-state index contributed by atoms with van der Waals surface area (Å²) in [7, 11) is -15.0. The summed E-state index contributed by atoms with van der Waals surface area (Å²) < 4.78 is 190. The smallest absolute Gasteiger partial charge is 0.297 e. The van der Waals surface area contributed by atoms with E-state index in [1.807, 2.05) is 0 Å². The predicted molar refractivity (Wildman–Crippen MR) is 331 cm³/mol. The monoisotopic (exact) mass is 1580 g/mol. The molecule has 21 heterocycles. The highest BCUT2D eigenvalue weighted by Gasteiger charge is 2.60. The zero-order valence-electron chi connectivity index (χ0n) is 55.0. The lowest BCUT2D eigenvalue weighted by Crippen LogP contribution is -2.68. The van der Waals surface area contributed by atoms with Gasteiger partial charge in [-0.05, 0) is 55.5 Å². The van der Waals surface area contributed by atoms with Crippen molar-refractivity contribution < 1.29 is 200 Å². The molecule has 35 atom stereocenters. The van der Waals surface area contributed by atoms with Gasteiger partial charge in [-0.25, -0.2) is 0 Å². The van der Waals surface area contributed by atoms with Gasteiger partial charge in [-0.15, -0.1) is 0 Å². The molecule has 24 rings (SSSR count). The second kappa shape index (κ2) is 31.8. The topological polar surface area (TPSA) is 637 Å². The van der Waals surface area contributed by atoms with Gasteiger partial charge in [0.05, 0.1) is 60.9 Å². The van der Waals surface area contributed by atoms with E-state index < -0.39 is 306 Å². The van der Waals surface area contributed by atoms with E-state index in [2.05, 4.69) is 0 Å². The van der Waals surface area contributed by atoms with Crippen LogP contribution < -0.4 is 0 Å². The molecule has 0 saturated carbocycles. The Morgan fingerprint density at radius 2 is 0.632 bits per heavy atom. The van der Waals surface area contributed by atoms with E-state index in [0.717, 1.165) is 36.4 Å². The van der Waals surface area contributed by atoms with Gasteiger partial charge in [0, 0.05) is 10.8 Å². The fourth-order valence-electron chi connectivity index (χ4n) is 13.8. The van der Waals surface area contributed by atoms with E-state index in [4.69, 9.17) is 83.3 Å². The molecule has 0 spiro atoms. The summed E-state index contributed by atoms with van der Waals surface area (Å²) in [4.78, 5) is -1.73. The van der Waals surface area contributed by atoms with Crippen LogP contribution in [0.3, 0.4) is 0 Å². The Kier molecular flexibility index (Phi) is 24.0. The predicted octanol–water partition coefficient (Wildman–Crippen LogP) is -10.5. The summed E-state index contributed by atoms with van der Waals surface area (Å²) in [6.45, 7) is -6.92. The van der Waals surface area contributed by atoms with Crippen LogP contribution in [0, 0.1) is 6.92 Å². The van der Waals surface area contributed by atoms with Crippen LogP contribution in [0.4, 0.5) is 0 Å². The summed E-state index contributed by atoms with van der Waals surface area (Å²) in [5, 5.41) is 209. The lowest BCUT2D eigenvalue weighted by atomic mass is 9.95. The number of aliphatic hydroxyl groups excluding tert-OH is 18. The fourth-order valence-corrected chi connectivity index (χ4v) is 16.6. The Hall–Kier alpha value is -4.09. The summed E-state index contributed by atoms with van der Waals surface area (Å²) in [6.07, 6.45) is -79.0. The third-order valence-corrected chi connectivity index (χ3v) is 23.6. The molecule has 18 fully saturated rings. The van der Waals surface area contributed by atoms with Crippen molar-refractivity contribution in [2.24, 2.45) is 0 Å². The molecule has 1 aromatic heterocycles. The fraction of sp³-hybridized carbons (Fsp3) is 0.705. The SMILES string of the molecule is Cc1ccc(S(=O)(=O)OC[C@H]2O[C@@H]3O[C@H]4[C@H](O)[C@@H](O)[C@@H](O[C@H]5[C@H](O)[C@@H](O)[C@H]6O[C@H]7[C@H](O)[C@@H](O)[C@@H](O[C@H]8[C@H](O)[C@@H](O)[C@@H](O[C@H]9[C@H](O)[C@@H](O)[C@@H](O[C@H]%10[C@H](O)[C@@H](O)[C@@H](O[C@H]2[C@H](O)[C@H]3O)O[C@@H]%10CO)O[C@@H]9CO)O[C@@H]8COS(=O)(=O)c2ccc3oc8ccc(cc8c3c2)S(=O)(=O)OC[C@H]5O6)O[C@@H]7CO)O[C@@H]4CO)cc1. The van der Waals surface area contributed by atoms with Crippen molar-refractivity contribution in [2.75, 3.05) is 46.2 Å². The maximum atomic E-state index is 14.4. The first kappa shape index (κ1) is 80.0. The first-order valence-corrected chi connectivity index (χ1v) is 37.3. The Balaban J connectivity index is 0.894. The second-order valence-corrected chi connectivity index (χ2v) is 31.4. The Labute approximate surface area is 599 Å². The molecule has 0 radical (unpaired) electrons. The molecule has 0 unspecified atom stereocenters. The second-order valence-electron chi connectivity index (χ2n) is 26.6. The lowest BCUT2D eigenvalue weighted by Gasteiger charge is -2.50. The normalized spacial score (nSPS) is 45.5. The van der Waals surface area contributed by atoms with E-state index in [9.17, 15) is 117 Å². The van der Waals surface area contributed by atoms with Gasteiger partial charge in [0.1, 0.15) is 182 Å². The minimum atomic E-state index is -5.13. The zero-order chi connectivity index (χ0) is 76.1. The summed E-state index contributed by atoms with van der Waals surface area (Å²) in [6, 6.07) is 11.5. The van der Waals surface area contributed by atoms with Gasteiger partial charge in [-0.1, -0.05) is 17.7 Å². The van der Waals surface area contributed by atoms with E-state index in [1.165, 1.54) is 24.3 Å². The first-order valence-electron chi connectivity index (χ1n) is 33.1. The maximum Gasteiger partial charge on any atom is 0.297 e. The molecule has 0 amide bonds. The van der Waals surface area contributed by atoms with E-state index >= 15 is 0 Å². The molecule has 18 N–H and O–H groups in total. The first-order chi connectivity index (χ1) is 50.3. The summed E-state index contributed by atoms with van der Waals surface area (Å²) >= 11 is 0. The molecule has 0 aliphatic carbocycles. The van der Waals surface area contributed by atoms with Crippen LogP contribution in [0.25, 0.3) is 21.9 Å². The molecule has 18 saturated heterocycles. The molecule has 42 nitrogen and oxygen atoms in total. The van der Waals surface area contributed by atoms with Gasteiger partial charge in [0.2, 0.25) is 0 Å². The Bertz CT molecular complexity index is 4020. The molecular weight excluding hydrogens is 1500 g/mol. The standard InChI is InChI=1S/C61H80O42S3/c1-19-2-4-20(5-3-19)104(80,81)86-16-31-52-38(70)45(77)59(94-31)99-50-29(14-64)92-57(43(75)36(50)68)103-54-33-18-88-106(84,85)22-7-9-26-24(11-22)23-10-21(6-8-25(23)89-26)105(82,83)87-17-32-53(102-58-44(76)37(69)51(30(15-65)93-58)100-61(96-33)47(79)40(54)72)39(71)46(78)60(95-32)98-49-28(13-63)90-55(41(73)34(49)66)97-48-27(12-62)91-56(101-52)42(74)35(48)67/h2-11,27-79H,12-18H2,1H3/t27-,28-,29-,30-,31-,32-,33-,34-,35-,36-,37-,38-,39-,40-,41-,42-,43-,44-,45-,46-,47-,48-,49-,50-,51-,52-,53-,54-,55-,56-,57-,58-,59-,60-,61-/m1/s1. The van der Waals surface area contributed by atoms with Gasteiger partial charge in [-0.3, -0.25) is 12.5 Å². The number of aliphatic hydroxyl groups is 18. The van der Waals surface area contributed by atoms with Gasteiger partial charge >= 0.3 is 0 Å². The van der Waals surface area contributed by atoms with Crippen molar-refractivity contribution in [3.05, 3.63) is 66.2 Å². The van der Waals surface area contributed by atoms with Crippen LogP contribution >= 0.6 is 0 Å². The third-order valence-electron chi connectivity index (χ3n) is 19.7. The van der Waals surface area contributed by atoms with Crippen LogP contribution in [-0.4, -0.2) is 378 Å². The van der Waals surface area contributed by atoms with E-state index in [-0.39, 0.29) is 21.9 Å². The number of hydrogen-bond acceptors (Lipinski definition) is 42. The highest BCUT2D eigenvalue weighted by atomic mass is 32.2. The third kappa shape index (κ3) is 15.4. The van der Waals surface area contributed by atoms with Crippen molar-refractivity contribution >= 4 is 52.3 Å². The molecule has 20 bridgehead atoms. The minimum Gasteiger partial charge on any atom is -0.456 e. The number of rotatable bonds is 8. The number of furan rings is 1. The van der Waals surface area contributed by atoms with Gasteiger partial charge in [0.15, 0.2) is 44.0 Å². The average molecular weight is 1580 g/mol. The summed E-state index contributed by atoms with van der Waals surface area (Å²) in [5.41, 5.74) is 0.574. The van der Waals surface area contributed by atoms with E-state index in [1.54, 1.807) is 6.92 Å². The number of hydrogen-bond donors (Lipinski definition) is 18. The van der Waals surface area contributed by atoms with Crippen LogP contribution in [0.1, 0.15) is 5.56 Å². The van der Waals surface area contributed by atoms with Crippen molar-refractivity contribution in [3.63, 3.8) is 0 Å². The van der Waals surface area contributed by atoms with Crippen molar-refractivity contribution in [1.29, 1.82) is 0 Å². The van der Waals surface area contributed by atoms with Crippen LogP contribution in [0.5, 0.6) is 0 Å². The Morgan fingerprint density at radius 1 is 0.358 bits per heavy atom. The number of ether oxygens (including phenoxy) is 14.